The standard InChI is InChI=1S/C33H47BrN4O4S/c1-8-17-35(7)30(40)26-27-31(41)38(25(20-39)21(6)10-3)29(33(27)19-24(34)28(26)43-33)32(42)37(18-9-2)23-15-13-22(14-16-23)36(11-4)12-5/h8-9,13-16,21,24-29,39H,1-2,10-12,17-20H2,3-7H3/t21-,24?,25-,26-,27-,28-,29?,33?/m0/s1. The number of amides is 3. The van der Waals surface area contributed by atoms with Gasteiger partial charge in [-0.2, -0.15) is 0 Å². The molecule has 3 aliphatic heterocycles. The van der Waals surface area contributed by atoms with E-state index >= 15 is 0 Å². The zero-order valence-corrected chi connectivity index (χ0v) is 28.5. The van der Waals surface area contributed by atoms with Crippen molar-refractivity contribution in [3.63, 3.8) is 0 Å². The van der Waals surface area contributed by atoms with Gasteiger partial charge in [0, 0.05) is 54.7 Å². The summed E-state index contributed by atoms with van der Waals surface area (Å²) in [7, 11) is 1.74. The zero-order chi connectivity index (χ0) is 31.6. The van der Waals surface area contributed by atoms with Crippen LogP contribution >= 0.6 is 27.7 Å². The summed E-state index contributed by atoms with van der Waals surface area (Å²) in [5.41, 5.74) is 1.80. The lowest BCUT2D eigenvalue weighted by Gasteiger charge is -2.41. The van der Waals surface area contributed by atoms with Gasteiger partial charge in [-0.05, 0) is 50.5 Å². The van der Waals surface area contributed by atoms with Crippen LogP contribution in [-0.2, 0) is 14.4 Å². The Labute approximate surface area is 269 Å². The maximum absolute atomic E-state index is 15.0. The average molecular weight is 676 g/mol. The molecule has 3 fully saturated rings. The van der Waals surface area contributed by atoms with Crippen molar-refractivity contribution in [2.45, 2.75) is 67.4 Å². The fourth-order valence-electron chi connectivity index (χ4n) is 7.37. The first-order chi connectivity index (χ1) is 20.6. The van der Waals surface area contributed by atoms with Crippen LogP contribution in [0.4, 0.5) is 11.4 Å². The molecule has 43 heavy (non-hydrogen) atoms. The summed E-state index contributed by atoms with van der Waals surface area (Å²) < 4.78 is -0.802. The first-order valence-corrected chi connectivity index (χ1v) is 17.2. The SMILES string of the molecule is C=CCN(C)C(=O)[C@H]1[C@H]2C(=O)N([C@@H](CO)[C@@H](C)CC)C(C(=O)N(CC=C)c3ccc(N(CC)CC)cc3)C23CC(Br)[C@@H]1S3. The number of carbonyl (C=O) groups excluding carboxylic acids is 3. The van der Waals surface area contributed by atoms with Gasteiger partial charge >= 0.3 is 0 Å². The van der Waals surface area contributed by atoms with Gasteiger partial charge in [0.2, 0.25) is 11.8 Å². The average Bonchev–Trinajstić information content (AvgIpc) is 3.60. The van der Waals surface area contributed by atoms with Crippen LogP contribution in [0.3, 0.4) is 0 Å². The molecule has 1 N–H and O–H groups in total. The number of anilines is 2. The van der Waals surface area contributed by atoms with Gasteiger partial charge in [0.05, 0.1) is 29.2 Å². The molecule has 3 aliphatic rings. The van der Waals surface area contributed by atoms with Crippen LogP contribution in [0, 0.1) is 17.8 Å². The predicted molar refractivity (Wildman–Crippen MR) is 180 cm³/mol. The van der Waals surface area contributed by atoms with Crippen molar-refractivity contribution < 1.29 is 19.5 Å². The lowest BCUT2D eigenvalue weighted by molar-refractivity contribution is -0.145. The quantitative estimate of drug-likeness (QED) is 0.230. The number of alkyl halides is 1. The Bertz CT molecular complexity index is 1210. The first-order valence-electron chi connectivity index (χ1n) is 15.4. The van der Waals surface area contributed by atoms with E-state index in [1.54, 1.807) is 45.7 Å². The molecule has 1 aromatic rings. The van der Waals surface area contributed by atoms with Gasteiger partial charge < -0.3 is 24.7 Å². The van der Waals surface area contributed by atoms with Gasteiger partial charge in [-0.1, -0.05) is 48.4 Å². The summed E-state index contributed by atoms with van der Waals surface area (Å²) in [5, 5.41) is 10.5. The Morgan fingerprint density at radius 1 is 1.12 bits per heavy atom. The highest BCUT2D eigenvalue weighted by molar-refractivity contribution is 9.09. The molecule has 8 atom stereocenters. The van der Waals surface area contributed by atoms with Crippen molar-refractivity contribution in [3.05, 3.63) is 49.6 Å². The number of carbonyl (C=O) groups is 3. The molecule has 0 saturated carbocycles. The highest BCUT2D eigenvalue weighted by Crippen LogP contribution is 2.68. The zero-order valence-electron chi connectivity index (χ0n) is 26.1. The minimum absolute atomic E-state index is 0.0275. The van der Waals surface area contributed by atoms with E-state index in [1.807, 2.05) is 38.1 Å². The lowest BCUT2D eigenvalue weighted by atomic mass is 9.70. The second-order valence-electron chi connectivity index (χ2n) is 12.0. The topological polar surface area (TPSA) is 84.4 Å². The van der Waals surface area contributed by atoms with Crippen molar-refractivity contribution in [1.82, 2.24) is 9.80 Å². The first kappa shape index (κ1) is 33.6. The highest BCUT2D eigenvalue weighted by Gasteiger charge is 2.76. The van der Waals surface area contributed by atoms with E-state index in [-0.39, 0.29) is 46.9 Å². The summed E-state index contributed by atoms with van der Waals surface area (Å²) in [6, 6.07) is 6.57. The van der Waals surface area contributed by atoms with Crippen LogP contribution in [-0.4, -0.2) is 99.4 Å². The van der Waals surface area contributed by atoms with E-state index in [1.165, 1.54) is 0 Å². The van der Waals surface area contributed by atoms with Gasteiger partial charge in [-0.25, -0.2) is 0 Å². The second-order valence-corrected chi connectivity index (χ2v) is 14.7. The molecule has 3 amide bonds. The summed E-state index contributed by atoms with van der Waals surface area (Å²) in [6.07, 6.45) is 4.70. The molecule has 1 aromatic carbocycles. The number of fused-ring (bicyclic) bond motifs is 1. The smallest absolute Gasteiger partial charge is 0.251 e. The molecule has 1 spiro atoms. The van der Waals surface area contributed by atoms with Crippen LogP contribution in [0.15, 0.2) is 49.6 Å². The molecule has 236 valence electrons. The molecule has 4 rings (SSSR count). The van der Waals surface area contributed by atoms with Gasteiger partial charge in [0.1, 0.15) is 6.04 Å². The Hall–Kier alpha value is -2.30. The van der Waals surface area contributed by atoms with E-state index in [9.17, 15) is 19.5 Å². The summed E-state index contributed by atoms with van der Waals surface area (Å²) in [4.78, 5) is 50.7. The van der Waals surface area contributed by atoms with Gasteiger partial charge in [-0.3, -0.25) is 14.4 Å². The number of rotatable bonds is 14. The Morgan fingerprint density at radius 3 is 2.26 bits per heavy atom. The van der Waals surface area contributed by atoms with E-state index < -0.39 is 28.7 Å². The molecule has 3 saturated heterocycles. The van der Waals surface area contributed by atoms with Gasteiger partial charge in [-0.15, -0.1) is 24.9 Å². The van der Waals surface area contributed by atoms with Crippen molar-refractivity contribution >= 4 is 56.8 Å². The number of hydrogen-bond acceptors (Lipinski definition) is 6. The van der Waals surface area contributed by atoms with Crippen LogP contribution in [0.5, 0.6) is 0 Å². The van der Waals surface area contributed by atoms with Gasteiger partial charge in [0.25, 0.3) is 5.91 Å². The molecule has 3 heterocycles. The third kappa shape index (κ3) is 5.68. The number of thioether (sulfide) groups is 1. The fourth-order valence-corrected chi connectivity index (χ4v) is 11.0. The Balaban J connectivity index is 1.83. The van der Waals surface area contributed by atoms with Crippen molar-refractivity contribution in [2.24, 2.45) is 17.8 Å². The van der Waals surface area contributed by atoms with E-state index in [0.29, 0.717) is 13.0 Å². The van der Waals surface area contributed by atoms with Gasteiger partial charge in [0.15, 0.2) is 0 Å². The maximum Gasteiger partial charge on any atom is 0.251 e. The third-order valence-electron chi connectivity index (χ3n) is 9.74. The largest absolute Gasteiger partial charge is 0.394 e. The number of hydrogen-bond donors (Lipinski definition) is 1. The summed E-state index contributed by atoms with van der Waals surface area (Å²) >= 11 is 5.47. The monoisotopic (exact) mass is 674 g/mol. The minimum Gasteiger partial charge on any atom is -0.394 e. The molecule has 2 bridgehead atoms. The number of aliphatic hydroxyl groups excluding tert-OH is 1. The number of nitrogens with zero attached hydrogens (tertiary/aromatic N) is 4. The number of benzene rings is 1. The number of likely N-dealkylation sites (tertiary alicyclic amines) is 1. The lowest BCUT2D eigenvalue weighted by Crippen LogP contribution is -2.59. The Morgan fingerprint density at radius 2 is 1.72 bits per heavy atom. The second kappa shape index (κ2) is 13.8. The van der Waals surface area contributed by atoms with Crippen molar-refractivity contribution in [1.29, 1.82) is 0 Å². The van der Waals surface area contributed by atoms with E-state index in [4.69, 9.17) is 0 Å². The van der Waals surface area contributed by atoms with Crippen molar-refractivity contribution in [3.8, 4) is 0 Å². The number of halogens is 1. The minimum atomic E-state index is -0.837. The molecule has 0 aromatic heterocycles. The van der Waals surface area contributed by atoms with Crippen molar-refractivity contribution in [2.75, 3.05) is 49.6 Å². The maximum atomic E-state index is 15.0. The van der Waals surface area contributed by atoms with Crippen LogP contribution in [0.2, 0.25) is 0 Å². The molecular formula is C33H47BrN4O4S. The fraction of sp³-hybridized carbons (Fsp3) is 0.606. The molecule has 0 aliphatic carbocycles. The van der Waals surface area contributed by atoms with Crippen LogP contribution < -0.4 is 9.80 Å². The highest BCUT2D eigenvalue weighted by atomic mass is 79.9. The normalized spacial score (nSPS) is 28.8. The molecular weight excluding hydrogens is 628 g/mol. The van der Waals surface area contributed by atoms with Crippen LogP contribution in [0.1, 0.15) is 40.5 Å². The number of likely N-dealkylation sites (N-methyl/N-ethyl adjacent to an activating group) is 1. The third-order valence-corrected chi connectivity index (χ3v) is 13.0. The summed E-state index contributed by atoms with van der Waals surface area (Å²) in [6.45, 7) is 18.1. The van der Waals surface area contributed by atoms with Crippen LogP contribution in [0.25, 0.3) is 0 Å². The van der Waals surface area contributed by atoms with E-state index in [2.05, 4.69) is 47.8 Å². The molecule has 10 heteroatoms. The predicted octanol–water partition coefficient (Wildman–Crippen LogP) is 4.57. The van der Waals surface area contributed by atoms with E-state index in [0.717, 1.165) is 30.9 Å². The molecule has 0 radical (unpaired) electrons. The molecule has 3 unspecified atom stereocenters. The Kier molecular flexibility index (Phi) is 10.8. The number of aliphatic hydroxyl groups is 1. The summed E-state index contributed by atoms with van der Waals surface area (Å²) in [5.74, 6) is -1.77. The molecule has 8 nitrogen and oxygen atoms in total.